The molecule has 4 rings (SSSR count). The lowest BCUT2D eigenvalue weighted by Crippen LogP contribution is -2.13. The molecule has 0 aliphatic heterocycles. The SMILES string of the molecule is O=C(c1cccc2[nH]ccc12)n1cc2c(n1)CCCC2. The Labute approximate surface area is 116 Å². The number of aromatic nitrogens is 3. The van der Waals surface area contributed by atoms with Gasteiger partial charge in [-0.2, -0.15) is 5.10 Å². The first-order valence-corrected chi connectivity index (χ1v) is 7.01. The van der Waals surface area contributed by atoms with Crippen LogP contribution in [-0.2, 0) is 12.8 Å². The number of nitrogens with one attached hydrogen (secondary N) is 1. The van der Waals surface area contributed by atoms with E-state index in [1.54, 1.807) is 0 Å². The van der Waals surface area contributed by atoms with E-state index in [0.29, 0.717) is 5.56 Å². The summed E-state index contributed by atoms with van der Waals surface area (Å²) < 4.78 is 1.51. The molecular formula is C16H15N3O. The van der Waals surface area contributed by atoms with Crippen molar-refractivity contribution < 1.29 is 4.79 Å². The number of nitrogens with zero attached hydrogens (tertiary/aromatic N) is 2. The summed E-state index contributed by atoms with van der Waals surface area (Å²) in [6, 6.07) is 7.67. The number of H-pyrrole nitrogens is 1. The third-order valence-corrected chi connectivity index (χ3v) is 4.02. The average molecular weight is 265 g/mol. The molecule has 4 heteroatoms. The van der Waals surface area contributed by atoms with Crippen molar-refractivity contribution in [1.82, 2.24) is 14.8 Å². The van der Waals surface area contributed by atoms with E-state index in [1.165, 1.54) is 23.1 Å². The quantitative estimate of drug-likeness (QED) is 0.735. The molecule has 1 aliphatic rings. The number of fused-ring (bicyclic) bond motifs is 2. The molecule has 0 spiro atoms. The molecule has 0 radical (unpaired) electrons. The Morgan fingerprint density at radius 3 is 3.00 bits per heavy atom. The predicted octanol–water partition coefficient (Wildman–Crippen LogP) is 2.93. The van der Waals surface area contributed by atoms with Gasteiger partial charge in [0.15, 0.2) is 0 Å². The molecule has 4 nitrogen and oxygen atoms in total. The van der Waals surface area contributed by atoms with E-state index in [-0.39, 0.29) is 5.91 Å². The summed E-state index contributed by atoms with van der Waals surface area (Å²) in [5.74, 6) is -0.0513. The largest absolute Gasteiger partial charge is 0.361 e. The van der Waals surface area contributed by atoms with E-state index in [9.17, 15) is 4.79 Å². The molecule has 0 atom stereocenters. The second-order valence-corrected chi connectivity index (χ2v) is 5.30. The number of aromatic amines is 1. The Morgan fingerprint density at radius 1 is 1.20 bits per heavy atom. The molecule has 0 fully saturated rings. The maximum atomic E-state index is 12.7. The van der Waals surface area contributed by atoms with Crippen LogP contribution in [0.5, 0.6) is 0 Å². The molecule has 1 aliphatic carbocycles. The highest BCUT2D eigenvalue weighted by atomic mass is 16.2. The Kier molecular flexibility index (Phi) is 2.49. The molecule has 0 saturated carbocycles. The van der Waals surface area contributed by atoms with Crippen LogP contribution in [0.15, 0.2) is 36.7 Å². The Morgan fingerprint density at radius 2 is 2.10 bits per heavy atom. The fourth-order valence-electron chi connectivity index (χ4n) is 2.97. The number of carbonyl (C=O) groups excluding carboxylic acids is 1. The summed E-state index contributed by atoms with van der Waals surface area (Å²) in [5, 5.41) is 5.43. The van der Waals surface area contributed by atoms with Gasteiger partial charge in [0, 0.05) is 23.3 Å². The Hall–Kier alpha value is -2.36. The number of aryl methyl sites for hydroxylation is 2. The van der Waals surface area contributed by atoms with Gasteiger partial charge in [0.1, 0.15) is 0 Å². The summed E-state index contributed by atoms with van der Waals surface area (Å²) >= 11 is 0. The average Bonchev–Trinajstić information content (AvgIpc) is 3.12. The van der Waals surface area contributed by atoms with Crippen LogP contribution in [0.4, 0.5) is 0 Å². The van der Waals surface area contributed by atoms with Gasteiger partial charge in [0.25, 0.3) is 5.91 Å². The molecule has 100 valence electrons. The minimum atomic E-state index is -0.0513. The van der Waals surface area contributed by atoms with Crippen LogP contribution >= 0.6 is 0 Å². The van der Waals surface area contributed by atoms with Gasteiger partial charge < -0.3 is 4.98 Å². The fourth-order valence-corrected chi connectivity index (χ4v) is 2.97. The normalized spacial score (nSPS) is 14.4. The summed E-state index contributed by atoms with van der Waals surface area (Å²) in [4.78, 5) is 15.8. The third-order valence-electron chi connectivity index (χ3n) is 4.02. The van der Waals surface area contributed by atoms with Crippen molar-refractivity contribution in [2.75, 3.05) is 0 Å². The van der Waals surface area contributed by atoms with Crippen LogP contribution in [-0.4, -0.2) is 20.7 Å². The fraction of sp³-hybridized carbons (Fsp3) is 0.250. The summed E-state index contributed by atoms with van der Waals surface area (Å²) in [6.45, 7) is 0. The number of rotatable bonds is 1. The van der Waals surface area contributed by atoms with E-state index in [4.69, 9.17) is 0 Å². The van der Waals surface area contributed by atoms with E-state index in [1.807, 2.05) is 36.7 Å². The van der Waals surface area contributed by atoms with Crippen molar-refractivity contribution in [3.8, 4) is 0 Å². The van der Waals surface area contributed by atoms with Crippen LogP contribution in [0.2, 0.25) is 0 Å². The van der Waals surface area contributed by atoms with Gasteiger partial charge in [0.05, 0.1) is 11.3 Å². The highest BCUT2D eigenvalue weighted by Crippen LogP contribution is 2.22. The molecule has 20 heavy (non-hydrogen) atoms. The van der Waals surface area contributed by atoms with Crippen LogP contribution in [0.3, 0.4) is 0 Å². The standard InChI is InChI=1S/C16H15N3O/c20-16(13-5-3-7-15-12(13)8-9-17-15)19-10-11-4-1-2-6-14(11)18-19/h3,5,7-10,17H,1-2,4,6H2. The van der Waals surface area contributed by atoms with E-state index >= 15 is 0 Å². The minimum absolute atomic E-state index is 0.0513. The first-order chi connectivity index (χ1) is 9.83. The van der Waals surface area contributed by atoms with Crippen molar-refractivity contribution in [3.63, 3.8) is 0 Å². The van der Waals surface area contributed by atoms with Gasteiger partial charge >= 0.3 is 0 Å². The molecule has 2 aromatic heterocycles. The molecule has 1 N–H and O–H groups in total. The van der Waals surface area contributed by atoms with E-state index in [0.717, 1.165) is 29.4 Å². The molecule has 0 bridgehead atoms. The van der Waals surface area contributed by atoms with Gasteiger partial charge in [-0.15, -0.1) is 0 Å². The predicted molar refractivity (Wildman–Crippen MR) is 76.9 cm³/mol. The summed E-state index contributed by atoms with van der Waals surface area (Å²) in [5.41, 5.74) is 3.99. The lowest BCUT2D eigenvalue weighted by molar-refractivity contribution is 0.0946. The molecule has 1 aromatic carbocycles. The van der Waals surface area contributed by atoms with Gasteiger partial charge in [-0.05, 0) is 49.4 Å². The zero-order valence-corrected chi connectivity index (χ0v) is 11.1. The van der Waals surface area contributed by atoms with Crippen molar-refractivity contribution in [2.24, 2.45) is 0 Å². The van der Waals surface area contributed by atoms with Crippen molar-refractivity contribution >= 4 is 16.8 Å². The smallest absolute Gasteiger partial charge is 0.278 e. The van der Waals surface area contributed by atoms with Crippen molar-refractivity contribution in [3.05, 3.63) is 53.5 Å². The van der Waals surface area contributed by atoms with E-state index in [2.05, 4.69) is 10.1 Å². The lowest BCUT2D eigenvalue weighted by atomic mass is 9.99. The van der Waals surface area contributed by atoms with Crippen LogP contribution in [0, 0.1) is 0 Å². The van der Waals surface area contributed by atoms with Gasteiger partial charge in [0.2, 0.25) is 0 Å². The maximum Gasteiger partial charge on any atom is 0.278 e. The Balaban J connectivity index is 1.80. The Bertz CT molecular complexity index is 774. The summed E-state index contributed by atoms with van der Waals surface area (Å²) in [7, 11) is 0. The molecular weight excluding hydrogens is 250 g/mol. The van der Waals surface area contributed by atoms with Crippen molar-refractivity contribution in [1.29, 1.82) is 0 Å². The van der Waals surface area contributed by atoms with Crippen LogP contribution in [0.1, 0.15) is 34.5 Å². The molecule has 2 heterocycles. The highest BCUT2D eigenvalue weighted by molar-refractivity contribution is 6.07. The maximum absolute atomic E-state index is 12.7. The molecule has 0 amide bonds. The zero-order valence-electron chi connectivity index (χ0n) is 11.1. The van der Waals surface area contributed by atoms with Crippen LogP contribution < -0.4 is 0 Å². The molecule has 0 unspecified atom stereocenters. The second-order valence-electron chi connectivity index (χ2n) is 5.30. The second kappa shape index (κ2) is 4.34. The topological polar surface area (TPSA) is 50.7 Å². The zero-order chi connectivity index (χ0) is 13.5. The number of hydrogen-bond acceptors (Lipinski definition) is 2. The van der Waals surface area contributed by atoms with Crippen molar-refractivity contribution in [2.45, 2.75) is 25.7 Å². The van der Waals surface area contributed by atoms with Gasteiger partial charge in [-0.1, -0.05) is 6.07 Å². The first kappa shape index (κ1) is 11.5. The monoisotopic (exact) mass is 265 g/mol. The highest BCUT2D eigenvalue weighted by Gasteiger charge is 2.18. The molecule has 3 aromatic rings. The van der Waals surface area contributed by atoms with Crippen LogP contribution in [0.25, 0.3) is 10.9 Å². The minimum Gasteiger partial charge on any atom is -0.361 e. The van der Waals surface area contributed by atoms with Gasteiger partial charge in [-0.25, -0.2) is 4.68 Å². The molecule has 0 saturated heterocycles. The lowest BCUT2D eigenvalue weighted by Gasteiger charge is -2.06. The van der Waals surface area contributed by atoms with Gasteiger partial charge in [-0.3, -0.25) is 4.79 Å². The number of benzene rings is 1. The number of hydrogen-bond donors (Lipinski definition) is 1. The van der Waals surface area contributed by atoms with E-state index < -0.39 is 0 Å². The first-order valence-electron chi connectivity index (χ1n) is 7.01. The number of carbonyl (C=O) groups is 1. The summed E-state index contributed by atoms with van der Waals surface area (Å²) in [6.07, 6.45) is 8.16. The third kappa shape index (κ3) is 1.68.